The Balaban J connectivity index is 2.33. The van der Waals surface area contributed by atoms with Crippen LogP contribution in [0, 0.1) is 5.92 Å². The van der Waals surface area contributed by atoms with E-state index in [1.165, 1.54) is 70.9 Å². The molecule has 1 atom stereocenters. The van der Waals surface area contributed by atoms with Crippen LogP contribution in [0.5, 0.6) is 0 Å². The summed E-state index contributed by atoms with van der Waals surface area (Å²) >= 11 is 0. The van der Waals surface area contributed by atoms with E-state index in [0.29, 0.717) is 12.5 Å². The lowest BCUT2D eigenvalue weighted by Gasteiger charge is -2.37. The van der Waals surface area contributed by atoms with Crippen LogP contribution in [0.2, 0.25) is 0 Å². The molecule has 108 valence electrons. The van der Waals surface area contributed by atoms with Crippen molar-refractivity contribution >= 4 is 0 Å². The highest BCUT2D eigenvalue weighted by Crippen LogP contribution is 2.23. The van der Waals surface area contributed by atoms with Gasteiger partial charge in [-0.15, -0.1) is 0 Å². The minimum atomic E-state index is 0.392. The average Bonchev–Trinajstić information content (AvgIpc) is 2.43. The SMILES string of the molecule is CCCCCC(CCCC)N1CCC(CO)CC1. The number of rotatable bonds is 9. The second-order valence-corrected chi connectivity index (χ2v) is 5.95. The third kappa shape index (κ3) is 5.71. The molecule has 1 unspecified atom stereocenters. The maximum Gasteiger partial charge on any atom is 0.0460 e. The van der Waals surface area contributed by atoms with Crippen molar-refractivity contribution in [3.05, 3.63) is 0 Å². The van der Waals surface area contributed by atoms with Gasteiger partial charge in [0.05, 0.1) is 0 Å². The number of unbranched alkanes of at least 4 members (excludes halogenated alkanes) is 3. The Kier molecular flexibility index (Phi) is 8.70. The molecule has 0 aromatic rings. The zero-order chi connectivity index (χ0) is 13.2. The lowest BCUT2D eigenvalue weighted by Crippen LogP contribution is -2.42. The lowest BCUT2D eigenvalue weighted by atomic mass is 9.93. The molecule has 1 saturated heterocycles. The van der Waals surface area contributed by atoms with Crippen molar-refractivity contribution in [2.24, 2.45) is 5.92 Å². The first-order valence-electron chi connectivity index (χ1n) is 8.16. The highest BCUT2D eigenvalue weighted by molar-refractivity contribution is 4.78. The quantitative estimate of drug-likeness (QED) is 0.633. The van der Waals surface area contributed by atoms with Crippen LogP contribution >= 0.6 is 0 Å². The van der Waals surface area contributed by atoms with Gasteiger partial charge in [-0.1, -0.05) is 46.0 Å². The van der Waals surface area contributed by atoms with Gasteiger partial charge >= 0.3 is 0 Å². The van der Waals surface area contributed by atoms with Gasteiger partial charge in [0.1, 0.15) is 0 Å². The normalized spacial score (nSPS) is 20.2. The Labute approximate surface area is 114 Å². The fourth-order valence-corrected chi connectivity index (χ4v) is 3.08. The molecule has 0 bridgehead atoms. The number of nitrogens with zero attached hydrogens (tertiary/aromatic N) is 1. The molecule has 0 amide bonds. The molecule has 1 fully saturated rings. The molecule has 2 heteroatoms. The largest absolute Gasteiger partial charge is 0.396 e. The maximum absolute atomic E-state index is 9.21. The Morgan fingerprint density at radius 2 is 1.61 bits per heavy atom. The molecule has 18 heavy (non-hydrogen) atoms. The van der Waals surface area contributed by atoms with Gasteiger partial charge in [-0.25, -0.2) is 0 Å². The van der Waals surface area contributed by atoms with Crippen LogP contribution in [0.25, 0.3) is 0 Å². The van der Waals surface area contributed by atoms with Gasteiger partial charge in [-0.05, 0) is 44.7 Å². The standard InChI is InChI=1S/C16H33NO/c1-3-5-7-9-16(8-6-4-2)17-12-10-15(14-18)11-13-17/h15-16,18H,3-14H2,1-2H3. The topological polar surface area (TPSA) is 23.5 Å². The minimum absolute atomic E-state index is 0.392. The van der Waals surface area contributed by atoms with Crippen molar-refractivity contribution in [1.82, 2.24) is 4.90 Å². The van der Waals surface area contributed by atoms with E-state index < -0.39 is 0 Å². The zero-order valence-electron chi connectivity index (χ0n) is 12.5. The molecule has 1 N–H and O–H groups in total. The summed E-state index contributed by atoms with van der Waals surface area (Å²) < 4.78 is 0. The number of hydrogen-bond acceptors (Lipinski definition) is 2. The Morgan fingerprint density at radius 3 is 2.17 bits per heavy atom. The minimum Gasteiger partial charge on any atom is -0.396 e. The van der Waals surface area contributed by atoms with E-state index in [2.05, 4.69) is 18.7 Å². The monoisotopic (exact) mass is 255 g/mol. The molecule has 0 radical (unpaired) electrons. The van der Waals surface area contributed by atoms with Crippen molar-refractivity contribution in [1.29, 1.82) is 0 Å². The molecule has 1 heterocycles. The number of aliphatic hydroxyl groups is 1. The molecule has 0 aromatic carbocycles. The predicted molar refractivity (Wildman–Crippen MR) is 78.8 cm³/mol. The highest BCUT2D eigenvalue weighted by Gasteiger charge is 2.23. The molecule has 1 aliphatic rings. The Morgan fingerprint density at radius 1 is 1.00 bits per heavy atom. The van der Waals surface area contributed by atoms with Crippen LogP contribution in [0.3, 0.4) is 0 Å². The summed E-state index contributed by atoms with van der Waals surface area (Å²) in [5.41, 5.74) is 0. The van der Waals surface area contributed by atoms with Crippen molar-refractivity contribution < 1.29 is 5.11 Å². The van der Waals surface area contributed by atoms with Crippen molar-refractivity contribution in [2.45, 2.75) is 77.7 Å². The molecule has 1 rings (SSSR count). The molecule has 0 aromatic heterocycles. The van der Waals surface area contributed by atoms with Crippen molar-refractivity contribution in [3.63, 3.8) is 0 Å². The van der Waals surface area contributed by atoms with Crippen LogP contribution < -0.4 is 0 Å². The molecule has 0 spiro atoms. The van der Waals surface area contributed by atoms with Gasteiger partial charge in [0, 0.05) is 12.6 Å². The van der Waals surface area contributed by atoms with Gasteiger partial charge in [-0.3, -0.25) is 0 Å². The number of likely N-dealkylation sites (tertiary alicyclic amines) is 1. The summed E-state index contributed by atoms with van der Waals surface area (Å²) in [7, 11) is 0. The summed E-state index contributed by atoms with van der Waals surface area (Å²) in [6, 6.07) is 0.816. The second-order valence-electron chi connectivity index (χ2n) is 5.95. The second kappa shape index (κ2) is 9.80. The van der Waals surface area contributed by atoms with Gasteiger partial charge in [0.15, 0.2) is 0 Å². The van der Waals surface area contributed by atoms with E-state index in [4.69, 9.17) is 0 Å². The van der Waals surface area contributed by atoms with Crippen LogP contribution in [-0.2, 0) is 0 Å². The number of piperidine rings is 1. The molecule has 1 aliphatic heterocycles. The fraction of sp³-hybridized carbons (Fsp3) is 1.00. The summed E-state index contributed by atoms with van der Waals surface area (Å²) in [5.74, 6) is 0.573. The summed E-state index contributed by atoms with van der Waals surface area (Å²) in [5, 5.41) is 9.21. The first-order chi connectivity index (χ1) is 8.81. The van der Waals surface area contributed by atoms with E-state index in [-0.39, 0.29) is 0 Å². The van der Waals surface area contributed by atoms with E-state index in [1.807, 2.05) is 0 Å². The van der Waals surface area contributed by atoms with Gasteiger partial charge in [0.2, 0.25) is 0 Å². The van der Waals surface area contributed by atoms with E-state index in [9.17, 15) is 5.11 Å². The highest BCUT2D eigenvalue weighted by atomic mass is 16.3. The van der Waals surface area contributed by atoms with Crippen molar-refractivity contribution in [2.75, 3.05) is 19.7 Å². The van der Waals surface area contributed by atoms with E-state index in [0.717, 1.165) is 6.04 Å². The van der Waals surface area contributed by atoms with Crippen LogP contribution in [0.1, 0.15) is 71.6 Å². The summed E-state index contributed by atoms with van der Waals surface area (Å²) in [4.78, 5) is 2.71. The molecule has 0 saturated carbocycles. The molecular formula is C16H33NO. The van der Waals surface area contributed by atoms with E-state index in [1.54, 1.807) is 0 Å². The van der Waals surface area contributed by atoms with Crippen LogP contribution in [-0.4, -0.2) is 35.7 Å². The van der Waals surface area contributed by atoms with Gasteiger partial charge in [0.25, 0.3) is 0 Å². The summed E-state index contributed by atoms with van der Waals surface area (Å²) in [6.07, 6.45) is 12.0. The maximum atomic E-state index is 9.21. The number of hydrogen-bond donors (Lipinski definition) is 1. The Hall–Kier alpha value is -0.0800. The van der Waals surface area contributed by atoms with E-state index >= 15 is 0 Å². The molecular weight excluding hydrogens is 222 g/mol. The number of aliphatic hydroxyl groups excluding tert-OH is 1. The van der Waals surface area contributed by atoms with Gasteiger partial charge < -0.3 is 10.0 Å². The Bertz CT molecular complexity index is 188. The first kappa shape index (κ1) is 16.0. The van der Waals surface area contributed by atoms with Crippen LogP contribution in [0.4, 0.5) is 0 Å². The van der Waals surface area contributed by atoms with Crippen molar-refractivity contribution in [3.8, 4) is 0 Å². The fourth-order valence-electron chi connectivity index (χ4n) is 3.08. The smallest absolute Gasteiger partial charge is 0.0460 e. The third-order valence-electron chi connectivity index (χ3n) is 4.46. The van der Waals surface area contributed by atoms with Crippen LogP contribution in [0.15, 0.2) is 0 Å². The molecule has 0 aliphatic carbocycles. The molecule has 2 nitrogen and oxygen atoms in total. The zero-order valence-corrected chi connectivity index (χ0v) is 12.5. The lowest BCUT2D eigenvalue weighted by molar-refractivity contribution is 0.0905. The average molecular weight is 255 g/mol. The predicted octanol–water partition coefficient (Wildman–Crippen LogP) is 3.83. The van der Waals surface area contributed by atoms with Gasteiger partial charge in [-0.2, -0.15) is 0 Å². The summed E-state index contributed by atoms with van der Waals surface area (Å²) in [6.45, 7) is 7.40. The first-order valence-corrected chi connectivity index (χ1v) is 8.16. The third-order valence-corrected chi connectivity index (χ3v) is 4.46.